The molecule has 0 aromatic carbocycles. The SMILES string of the molecule is CCN(CC)CC(=O)NCC=C(C)CCC=C(C)CCC=C(C)C. The van der Waals surface area contributed by atoms with E-state index in [1.54, 1.807) is 0 Å². The van der Waals surface area contributed by atoms with Gasteiger partial charge in [0.1, 0.15) is 0 Å². The van der Waals surface area contributed by atoms with Gasteiger partial charge >= 0.3 is 0 Å². The number of carbonyl (C=O) groups excluding carboxylic acids is 1. The lowest BCUT2D eigenvalue weighted by Gasteiger charge is -2.16. The first kappa shape index (κ1) is 22.6. The quantitative estimate of drug-likeness (QED) is 0.517. The van der Waals surface area contributed by atoms with Crippen molar-refractivity contribution in [2.45, 2.75) is 67.2 Å². The molecule has 0 aliphatic heterocycles. The second-order valence-corrected chi connectivity index (χ2v) is 6.73. The van der Waals surface area contributed by atoms with E-state index < -0.39 is 0 Å². The number of nitrogens with one attached hydrogen (secondary N) is 1. The van der Waals surface area contributed by atoms with Crippen LogP contribution < -0.4 is 5.32 Å². The highest BCUT2D eigenvalue weighted by Gasteiger charge is 2.05. The van der Waals surface area contributed by atoms with Crippen molar-refractivity contribution < 1.29 is 4.79 Å². The Hall–Kier alpha value is -1.35. The second-order valence-electron chi connectivity index (χ2n) is 6.73. The lowest BCUT2D eigenvalue weighted by molar-refractivity contribution is -0.121. The Balaban J connectivity index is 3.98. The van der Waals surface area contributed by atoms with Crippen molar-refractivity contribution in [2.24, 2.45) is 0 Å². The van der Waals surface area contributed by atoms with Crippen LogP contribution in [-0.4, -0.2) is 37.0 Å². The van der Waals surface area contributed by atoms with Crippen LogP contribution in [0.4, 0.5) is 0 Å². The zero-order chi connectivity index (χ0) is 18.4. The summed E-state index contributed by atoms with van der Waals surface area (Å²) < 4.78 is 0. The fraction of sp³-hybridized carbons (Fsp3) is 0.667. The Morgan fingerprint density at radius 3 is 1.96 bits per heavy atom. The van der Waals surface area contributed by atoms with Crippen LogP contribution in [0.1, 0.15) is 67.2 Å². The van der Waals surface area contributed by atoms with Crippen molar-refractivity contribution in [1.82, 2.24) is 10.2 Å². The summed E-state index contributed by atoms with van der Waals surface area (Å²) in [5.41, 5.74) is 4.20. The van der Waals surface area contributed by atoms with E-state index in [1.165, 1.54) is 16.7 Å². The summed E-state index contributed by atoms with van der Waals surface area (Å²) in [6, 6.07) is 0. The number of rotatable bonds is 12. The molecule has 0 spiro atoms. The maximum atomic E-state index is 11.8. The number of nitrogens with zero attached hydrogens (tertiary/aromatic N) is 1. The maximum Gasteiger partial charge on any atom is 0.234 e. The highest BCUT2D eigenvalue weighted by molar-refractivity contribution is 5.78. The van der Waals surface area contributed by atoms with Crippen molar-refractivity contribution in [3.8, 4) is 0 Å². The lowest BCUT2D eigenvalue weighted by atomic mass is 10.1. The van der Waals surface area contributed by atoms with Crippen molar-refractivity contribution in [1.29, 1.82) is 0 Å². The zero-order valence-corrected chi connectivity index (χ0v) is 16.7. The smallest absolute Gasteiger partial charge is 0.234 e. The third kappa shape index (κ3) is 13.1. The average molecular weight is 335 g/mol. The van der Waals surface area contributed by atoms with E-state index >= 15 is 0 Å². The van der Waals surface area contributed by atoms with Crippen LogP contribution in [0.25, 0.3) is 0 Å². The molecular formula is C21H38N2O. The van der Waals surface area contributed by atoms with Crippen molar-refractivity contribution in [3.05, 3.63) is 34.9 Å². The third-order valence-electron chi connectivity index (χ3n) is 4.13. The number of allylic oxidation sites excluding steroid dienone is 5. The molecule has 0 saturated carbocycles. The first-order valence-electron chi connectivity index (χ1n) is 9.32. The predicted octanol–water partition coefficient (Wildman–Crippen LogP) is 4.86. The van der Waals surface area contributed by atoms with Crippen LogP contribution in [-0.2, 0) is 4.79 Å². The summed E-state index contributed by atoms with van der Waals surface area (Å²) in [4.78, 5) is 13.9. The van der Waals surface area contributed by atoms with Gasteiger partial charge in [0.15, 0.2) is 0 Å². The molecule has 3 heteroatoms. The Labute approximate surface area is 149 Å². The second kappa shape index (κ2) is 14.0. The molecule has 0 aliphatic rings. The van der Waals surface area contributed by atoms with Crippen molar-refractivity contribution in [3.63, 3.8) is 0 Å². The van der Waals surface area contributed by atoms with Gasteiger partial charge in [0, 0.05) is 6.54 Å². The molecule has 1 N–H and O–H groups in total. The standard InChI is InChI=1S/C21H38N2O/c1-7-23(8-2)17-21(24)22-16-15-20(6)14-10-13-19(5)12-9-11-18(3)4/h11,13,15H,7-10,12,14,16-17H2,1-6H3,(H,22,24). The number of carbonyl (C=O) groups is 1. The van der Waals surface area contributed by atoms with Crippen molar-refractivity contribution >= 4 is 5.91 Å². The molecule has 0 atom stereocenters. The first-order chi connectivity index (χ1) is 11.4. The predicted molar refractivity (Wildman–Crippen MR) is 106 cm³/mol. The van der Waals surface area contributed by atoms with Gasteiger partial charge in [0.2, 0.25) is 5.91 Å². The minimum Gasteiger partial charge on any atom is -0.352 e. The maximum absolute atomic E-state index is 11.8. The molecule has 0 aliphatic carbocycles. The minimum absolute atomic E-state index is 0.109. The van der Waals surface area contributed by atoms with E-state index in [-0.39, 0.29) is 5.91 Å². The van der Waals surface area contributed by atoms with E-state index in [2.05, 4.69) is 70.0 Å². The summed E-state index contributed by atoms with van der Waals surface area (Å²) in [7, 11) is 0. The number of amides is 1. The molecule has 138 valence electrons. The molecule has 0 radical (unpaired) electrons. The van der Waals surface area contributed by atoms with Crippen LogP contribution in [0, 0.1) is 0 Å². The Morgan fingerprint density at radius 2 is 1.42 bits per heavy atom. The fourth-order valence-electron chi connectivity index (χ4n) is 2.38. The summed E-state index contributed by atoms with van der Waals surface area (Å²) in [6.45, 7) is 15.8. The summed E-state index contributed by atoms with van der Waals surface area (Å²) in [5.74, 6) is 0.109. The summed E-state index contributed by atoms with van der Waals surface area (Å²) >= 11 is 0. The molecule has 0 saturated heterocycles. The molecular weight excluding hydrogens is 296 g/mol. The summed E-state index contributed by atoms with van der Waals surface area (Å²) in [5, 5.41) is 2.97. The van der Waals surface area contributed by atoms with Gasteiger partial charge in [-0.1, -0.05) is 48.8 Å². The van der Waals surface area contributed by atoms with Crippen LogP contribution in [0.5, 0.6) is 0 Å². The van der Waals surface area contributed by atoms with Crippen LogP contribution in [0.3, 0.4) is 0 Å². The first-order valence-corrected chi connectivity index (χ1v) is 9.32. The number of hydrogen-bond donors (Lipinski definition) is 1. The third-order valence-corrected chi connectivity index (χ3v) is 4.13. The van der Waals surface area contributed by atoms with Crippen LogP contribution >= 0.6 is 0 Å². The Bertz CT molecular complexity index is 439. The fourth-order valence-corrected chi connectivity index (χ4v) is 2.38. The van der Waals surface area contributed by atoms with Gasteiger partial charge in [-0.15, -0.1) is 0 Å². The van der Waals surface area contributed by atoms with Crippen LogP contribution in [0.2, 0.25) is 0 Å². The van der Waals surface area contributed by atoms with E-state index in [0.29, 0.717) is 13.1 Å². The molecule has 0 rings (SSSR count). The number of likely N-dealkylation sites (N-methyl/N-ethyl adjacent to an activating group) is 1. The molecule has 0 bridgehead atoms. The van der Waals surface area contributed by atoms with E-state index in [9.17, 15) is 4.79 Å². The summed E-state index contributed by atoms with van der Waals surface area (Å²) in [6.07, 6.45) is 11.2. The molecule has 1 amide bonds. The normalized spacial score (nSPS) is 12.5. The number of hydrogen-bond acceptors (Lipinski definition) is 2. The monoisotopic (exact) mass is 334 g/mol. The molecule has 0 fully saturated rings. The van der Waals surface area contributed by atoms with Gasteiger partial charge < -0.3 is 5.32 Å². The highest BCUT2D eigenvalue weighted by atomic mass is 16.2. The van der Waals surface area contributed by atoms with Gasteiger partial charge in [-0.05, 0) is 66.5 Å². The topological polar surface area (TPSA) is 32.3 Å². The highest BCUT2D eigenvalue weighted by Crippen LogP contribution is 2.11. The zero-order valence-electron chi connectivity index (χ0n) is 16.7. The van der Waals surface area contributed by atoms with E-state index in [1.807, 2.05) is 0 Å². The molecule has 0 unspecified atom stereocenters. The van der Waals surface area contributed by atoms with E-state index in [4.69, 9.17) is 0 Å². The Morgan fingerprint density at radius 1 is 0.875 bits per heavy atom. The van der Waals surface area contributed by atoms with Gasteiger partial charge in [-0.3, -0.25) is 9.69 Å². The Kier molecular flexibility index (Phi) is 13.2. The lowest BCUT2D eigenvalue weighted by Crippen LogP contribution is -2.37. The van der Waals surface area contributed by atoms with E-state index in [0.717, 1.165) is 38.8 Å². The van der Waals surface area contributed by atoms with Crippen LogP contribution in [0.15, 0.2) is 34.9 Å². The largest absolute Gasteiger partial charge is 0.352 e. The van der Waals surface area contributed by atoms with Gasteiger partial charge in [0.25, 0.3) is 0 Å². The molecule has 0 aromatic heterocycles. The van der Waals surface area contributed by atoms with Gasteiger partial charge in [0.05, 0.1) is 6.54 Å². The molecule has 0 heterocycles. The van der Waals surface area contributed by atoms with Gasteiger partial charge in [-0.2, -0.15) is 0 Å². The molecule has 3 nitrogen and oxygen atoms in total. The van der Waals surface area contributed by atoms with Crippen molar-refractivity contribution in [2.75, 3.05) is 26.2 Å². The average Bonchev–Trinajstić information content (AvgIpc) is 2.52. The van der Waals surface area contributed by atoms with Gasteiger partial charge in [-0.25, -0.2) is 0 Å². The molecule has 0 aromatic rings. The minimum atomic E-state index is 0.109. The molecule has 24 heavy (non-hydrogen) atoms.